The van der Waals surface area contributed by atoms with Crippen LogP contribution in [0.5, 0.6) is 23.0 Å². The molecule has 1 aliphatic rings. The maximum absolute atomic E-state index is 14.0. The summed E-state index contributed by atoms with van der Waals surface area (Å²) in [4.78, 5) is 55.3. The van der Waals surface area contributed by atoms with Crippen molar-refractivity contribution < 1.29 is 38.1 Å². The number of hydrogen-bond acceptors (Lipinski definition) is 11. The Morgan fingerprint density at radius 2 is 1.71 bits per heavy atom. The second-order valence-electron chi connectivity index (χ2n) is 8.97. The van der Waals surface area contributed by atoms with E-state index in [1.807, 2.05) is 0 Å². The number of nitrogens with zero attached hydrogens (tertiary/aromatic N) is 2. The molecule has 3 aromatic rings. The van der Waals surface area contributed by atoms with Gasteiger partial charge in [-0.05, 0) is 42.8 Å². The van der Waals surface area contributed by atoms with Crippen LogP contribution < -0.4 is 33.8 Å². The highest BCUT2D eigenvalue weighted by Gasteiger charge is 2.34. The summed E-state index contributed by atoms with van der Waals surface area (Å²) in [6.07, 6.45) is 2.99. The van der Waals surface area contributed by atoms with Crippen LogP contribution in [0.25, 0.3) is 6.08 Å². The number of carbonyl (C=O) groups is 3. The minimum absolute atomic E-state index is 0.0268. The summed E-state index contributed by atoms with van der Waals surface area (Å²) in [6, 6.07) is 8.66. The molecule has 0 radical (unpaired) electrons. The molecule has 2 heterocycles. The van der Waals surface area contributed by atoms with Gasteiger partial charge in [-0.1, -0.05) is 30.1 Å². The largest absolute Gasteiger partial charge is 0.493 e. The van der Waals surface area contributed by atoms with Crippen LogP contribution in [-0.4, -0.2) is 43.3 Å². The number of methoxy groups -OCH3 is 2. The van der Waals surface area contributed by atoms with Crippen molar-refractivity contribution in [2.45, 2.75) is 26.8 Å². The van der Waals surface area contributed by atoms with Crippen LogP contribution >= 0.6 is 11.3 Å². The Morgan fingerprint density at radius 3 is 2.36 bits per heavy atom. The molecule has 11 nitrogen and oxygen atoms in total. The average Bonchev–Trinajstić information content (AvgIpc) is 3.25. The molecule has 42 heavy (non-hydrogen) atoms. The van der Waals surface area contributed by atoms with E-state index >= 15 is 0 Å². The van der Waals surface area contributed by atoms with E-state index in [0.29, 0.717) is 33.1 Å². The molecule has 0 amide bonds. The average molecular weight is 593 g/mol. The molecule has 4 rings (SSSR count). The zero-order valence-electron chi connectivity index (χ0n) is 23.6. The van der Waals surface area contributed by atoms with E-state index in [9.17, 15) is 19.2 Å². The fraction of sp³-hybridized carbons (Fsp3) is 0.233. The maximum atomic E-state index is 14.0. The molecule has 0 saturated heterocycles. The summed E-state index contributed by atoms with van der Waals surface area (Å²) in [7, 11) is 2.99. The van der Waals surface area contributed by atoms with E-state index in [2.05, 4.69) is 11.6 Å². The van der Waals surface area contributed by atoms with Gasteiger partial charge in [-0.3, -0.25) is 19.0 Å². The number of benzene rings is 2. The van der Waals surface area contributed by atoms with Gasteiger partial charge in [0.2, 0.25) is 0 Å². The molecule has 1 atom stereocenters. The van der Waals surface area contributed by atoms with Crippen LogP contribution in [0.15, 0.2) is 70.1 Å². The highest BCUT2D eigenvalue weighted by Crippen LogP contribution is 2.36. The van der Waals surface area contributed by atoms with Crippen LogP contribution in [-0.2, 0) is 19.1 Å². The number of thiazole rings is 1. The van der Waals surface area contributed by atoms with Gasteiger partial charge in [0.25, 0.3) is 5.56 Å². The molecule has 0 fully saturated rings. The quantitative estimate of drug-likeness (QED) is 0.209. The first kappa shape index (κ1) is 30.0. The Morgan fingerprint density at radius 1 is 1.00 bits per heavy atom. The van der Waals surface area contributed by atoms with Crippen molar-refractivity contribution in [2.75, 3.05) is 20.8 Å². The van der Waals surface area contributed by atoms with Crippen molar-refractivity contribution in [3.63, 3.8) is 0 Å². The van der Waals surface area contributed by atoms with Crippen LogP contribution in [0.1, 0.15) is 37.9 Å². The predicted molar refractivity (Wildman–Crippen MR) is 154 cm³/mol. The molecule has 1 aliphatic heterocycles. The Labute approximate surface area is 244 Å². The number of fused-ring (bicyclic) bond motifs is 1. The molecule has 0 saturated carbocycles. The number of hydrogen-bond donors (Lipinski definition) is 0. The van der Waals surface area contributed by atoms with Crippen LogP contribution in [0, 0.1) is 0 Å². The van der Waals surface area contributed by atoms with E-state index < -0.39 is 29.5 Å². The topological polar surface area (TPSA) is 132 Å². The van der Waals surface area contributed by atoms with Gasteiger partial charge in [-0.2, -0.15) is 0 Å². The van der Waals surface area contributed by atoms with Gasteiger partial charge >= 0.3 is 17.9 Å². The second-order valence-corrected chi connectivity index (χ2v) is 9.98. The summed E-state index contributed by atoms with van der Waals surface area (Å²) in [5.74, 6) is -0.651. The maximum Gasteiger partial charge on any atom is 0.338 e. The summed E-state index contributed by atoms with van der Waals surface area (Å²) in [5.41, 5.74) is 1.05. The fourth-order valence-electron chi connectivity index (χ4n) is 4.38. The number of carbonyl (C=O) groups excluding carboxylic acids is 3. The van der Waals surface area contributed by atoms with Crippen molar-refractivity contribution in [1.82, 2.24) is 4.57 Å². The van der Waals surface area contributed by atoms with Crippen molar-refractivity contribution in [3.8, 4) is 23.0 Å². The van der Waals surface area contributed by atoms with Gasteiger partial charge in [-0.15, -0.1) is 0 Å². The fourth-order valence-corrected chi connectivity index (χ4v) is 5.42. The molecular weight excluding hydrogens is 564 g/mol. The summed E-state index contributed by atoms with van der Waals surface area (Å²) in [5, 5.41) is 0. The minimum atomic E-state index is -0.903. The first-order chi connectivity index (χ1) is 20.1. The Hall–Kier alpha value is -4.97. The first-order valence-corrected chi connectivity index (χ1v) is 13.4. The van der Waals surface area contributed by atoms with E-state index in [1.165, 1.54) is 50.8 Å². The SMILES string of the molecule is C=CCOC(=O)C1=C(C)N=c2s/c(=C/c3ccc(OC(C)=O)cc3OC(C)=O)c(=O)n2[C@H]1c1ccc(OC)c(OC)c1. The van der Waals surface area contributed by atoms with Gasteiger partial charge < -0.3 is 23.7 Å². The van der Waals surface area contributed by atoms with E-state index in [0.717, 1.165) is 11.3 Å². The third-order valence-electron chi connectivity index (χ3n) is 6.08. The lowest BCUT2D eigenvalue weighted by molar-refractivity contribution is -0.138. The lowest BCUT2D eigenvalue weighted by atomic mass is 9.95. The molecule has 0 bridgehead atoms. The van der Waals surface area contributed by atoms with Gasteiger partial charge in [0, 0.05) is 25.5 Å². The third kappa shape index (κ3) is 6.18. The normalized spacial score (nSPS) is 14.4. The molecule has 218 valence electrons. The molecule has 1 aromatic heterocycles. The van der Waals surface area contributed by atoms with Gasteiger partial charge in [-0.25, -0.2) is 9.79 Å². The highest BCUT2D eigenvalue weighted by molar-refractivity contribution is 7.07. The Balaban J connectivity index is 1.94. The molecule has 0 unspecified atom stereocenters. The summed E-state index contributed by atoms with van der Waals surface area (Å²) in [6.45, 7) is 7.71. The van der Waals surface area contributed by atoms with E-state index in [-0.39, 0.29) is 28.2 Å². The zero-order valence-corrected chi connectivity index (χ0v) is 24.4. The van der Waals surface area contributed by atoms with Crippen molar-refractivity contribution in [3.05, 3.63) is 91.1 Å². The van der Waals surface area contributed by atoms with Crippen LogP contribution in [0.4, 0.5) is 0 Å². The van der Waals surface area contributed by atoms with Crippen LogP contribution in [0.3, 0.4) is 0 Å². The molecule has 0 aliphatic carbocycles. The lowest BCUT2D eigenvalue weighted by Gasteiger charge is -2.25. The second kappa shape index (κ2) is 12.7. The number of allylic oxidation sites excluding steroid dienone is 1. The number of aromatic nitrogens is 1. The monoisotopic (exact) mass is 592 g/mol. The lowest BCUT2D eigenvalue weighted by Crippen LogP contribution is -2.40. The molecule has 2 aromatic carbocycles. The third-order valence-corrected chi connectivity index (χ3v) is 7.07. The standard InChI is InChI=1S/C30H28N2O9S/c1-7-12-39-29(36)26-16(2)31-30-32(27(26)20-9-11-22(37-5)24(13-20)38-6)28(35)25(42-30)14-19-8-10-21(40-17(3)33)15-23(19)41-18(4)34/h7-11,13-15,27H,1,12H2,2-6H3/b25-14+/t27-/m0/s1. The molecule has 0 spiro atoms. The number of esters is 3. The number of rotatable bonds is 9. The number of ether oxygens (including phenoxy) is 5. The Bertz CT molecular complexity index is 1800. The van der Waals surface area contributed by atoms with Gasteiger partial charge in [0.1, 0.15) is 18.1 Å². The van der Waals surface area contributed by atoms with E-state index in [4.69, 9.17) is 23.7 Å². The van der Waals surface area contributed by atoms with E-state index in [1.54, 1.807) is 37.3 Å². The Kier molecular flexibility index (Phi) is 9.06. The first-order valence-electron chi connectivity index (χ1n) is 12.6. The predicted octanol–water partition coefficient (Wildman–Crippen LogP) is 2.83. The van der Waals surface area contributed by atoms with Gasteiger partial charge in [0.15, 0.2) is 16.3 Å². The smallest absolute Gasteiger partial charge is 0.338 e. The summed E-state index contributed by atoms with van der Waals surface area (Å²) >= 11 is 1.09. The minimum Gasteiger partial charge on any atom is -0.493 e. The van der Waals surface area contributed by atoms with Crippen molar-refractivity contribution in [1.29, 1.82) is 0 Å². The molecular formula is C30H28N2O9S. The zero-order chi connectivity index (χ0) is 30.6. The molecule has 12 heteroatoms. The van der Waals surface area contributed by atoms with Gasteiger partial charge in [0.05, 0.1) is 36.1 Å². The van der Waals surface area contributed by atoms with Crippen LogP contribution in [0.2, 0.25) is 0 Å². The van der Waals surface area contributed by atoms with Crippen molar-refractivity contribution >= 4 is 35.3 Å². The summed E-state index contributed by atoms with van der Waals surface area (Å²) < 4.78 is 28.3. The van der Waals surface area contributed by atoms with Crippen molar-refractivity contribution in [2.24, 2.45) is 4.99 Å². The molecule has 0 N–H and O–H groups in total. The highest BCUT2D eigenvalue weighted by atomic mass is 32.1.